The van der Waals surface area contributed by atoms with Gasteiger partial charge in [0.15, 0.2) is 0 Å². The van der Waals surface area contributed by atoms with Gasteiger partial charge in [-0.15, -0.1) is 0 Å². The van der Waals surface area contributed by atoms with Gasteiger partial charge in [0.05, 0.1) is 6.61 Å². The summed E-state index contributed by atoms with van der Waals surface area (Å²) >= 11 is 0. The third kappa shape index (κ3) is 6.34. The monoisotopic (exact) mass is 235 g/mol. The zero-order valence-electron chi connectivity index (χ0n) is 8.60. The number of aliphatic hydroxyl groups excluding tert-OH is 1. The molecule has 3 nitrogen and oxygen atoms in total. The van der Waals surface area contributed by atoms with Crippen molar-refractivity contribution in [3.8, 4) is 0 Å². The van der Waals surface area contributed by atoms with Gasteiger partial charge in [0.25, 0.3) is 0 Å². The molecule has 0 saturated heterocycles. The molecule has 0 fully saturated rings. The van der Waals surface area contributed by atoms with E-state index < -0.39 is 0 Å². The summed E-state index contributed by atoms with van der Waals surface area (Å²) in [6.45, 7) is 4.36. The predicted molar refractivity (Wildman–Crippen MR) is 64.0 cm³/mol. The van der Waals surface area contributed by atoms with Crippen LogP contribution in [0.15, 0.2) is 11.1 Å². The summed E-state index contributed by atoms with van der Waals surface area (Å²) in [4.78, 5) is 12.1. The topological polar surface area (TPSA) is 40.5 Å². The van der Waals surface area contributed by atoms with E-state index in [4.69, 9.17) is 5.11 Å². The molecule has 0 bridgehead atoms. The van der Waals surface area contributed by atoms with Crippen LogP contribution >= 0.6 is 21.6 Å². The quantitative estimate of drug-likeness (QED) is 0.397. The van der Waals surface area contributed by atoms with E-state index >= 15 is 0 Å². The Hall–Kier alpha value is -0.130. The molecule has 0 spiro atoms. The fourth-order valence-corrected chi connectivity index (χ4v) is 2.74. The summed E-state index contributed by atoms with van der Waals surface area (Å²) in [6.07, 6.45) is 1.89. The normalized spacial score (nSPS) is 11.5. The average molecular weight is 235 g/mol. The van der Waals surface area contributed by atoms with Crippen molar-refractivity contribution in [2.75, 3.05) is 18.9 Å². The SMILES string of the molecule is CCCSSC=C(C)N(C=O)CCO. The third-order valence-electron chi connectivity index (χ3n) is 1.50. The van der Waals surface area contributed by atoms with Crippen LogP contribution in [0.25, 0.3) is 0 Å². The van der Waals surface area contributed by atoms with Crippen LogP contribution in [0.5, 0.6) is 0 Å². The van der Waals surface area contributed by atoms with E-state index in [1.54, 1.807) is 21.6 Å². The first-order chi connectivity index (χ1) is 6.76. The maximum absolute atomic E-state index is 10.6. The molecule has 14 heavy (non-hydrogen) atoms. The fraction of sp³-hybridized carbons (Fsp3) is 0.667. The minimum absolute atomic E-state index is 0.00328. The molecule has 0 aromatic carbocycles. The Balaban J connectivity index is 3.86. The van der Waals surface area contributed by atoms with Crippen LogP contribution in [0.2, 0.25) is 0 Å². The molecule has 0 heterocycles. The van der Waals surface area contributed by atoms with Crippen LogP contribution < -0.4 is 0 Å². The largest absolute Gasteiger partial charge is 0.395 e. The Labute approximate surface area is 93.3 Å². The molecule has 0 unspecified atom stereocenters. The van der Waals surface area contributed by atoms with Gasteiger partial charge in [-0.25, -0.2) is 0 Å². The summed E-state index contributed by atoms with van der Waals surface area (Å²) < 4.78 is 0. The zero-order valence-corrected chi connectivity index (χ0v) is 10.2. The van der Waals surface area contributed by atoms with Crippen molar-refractivity contribution in [1.29, 1.82) is 0 Å². The fourth-order valence-electron chi connectivity index (χ4n) is 0.723. The zero-order chi connectivity index (χ0) is 10.8. The molecule has 0 aromatic heterocycles. The lowest BCUT2D eigenvalue weighted by Crippen LogP contribution is -2.23. The number of carbonyl (C=O) groups excluding carboxylic acids is 1. The van der Waals surface area contributed by atoms with E-state index in [0.717, 1.165) is 24.3 Å². The Morgan fingerprint density at radius 3 is 2.79 bits per heavy atom. The minimum atomic E-state index is -0.00328. The van der Waals surface area contributed by atoms with Gasteiger partial charge in [-0.05, 0) is 13.3 Å². The Morgan fingerprint density at radius 1 is 1.57 bits per heavy atom. The lowest BCUT2D eigenvalue weighted by atomic mass is 10.4. The molecule has 0 atom stereocenters. The van der Waals surface area contributed by atoms with Gasteiger partial charge in [0.2, 0.25) is 6.41 Å². The van der Waals surface area contributed by atoms with Gasteiger partial charge in [-0.2, -0.15) is 0 Å². The highest BCUT2D eigenvalue weighted by atomic mass is 33.1. The summed E-state index contributed by atoms with van der Waals surface area (Å²) in [5, 5.41) is 10.6. The van der Waals surface area contributed by atoms with Crippen molar-refractivity contribution in [3.05, 3.63) is 11.1 Å². The van der Waals surface area contributed by atoms with E-state index in [1.165, 1.54) is 4.90 Å². The molecule has 0 aromatic rings. The van der Waals surface area contributed by atoms with Crippen LogP contribution in [0.4, 0.5) is 0 Å². The molecule has 5 heteroatoms. The molecule has 0 radical (unpaired) electrons. The summed E-state index contributed by atoms with van der Waals surface area (Å²) in [5.74, 6) is 1.11. The smallest absolute Gasteiger partial charge is 0.213 e. The van der Waals surface area contributed by atoms with Crippen LogP contribution in [0.3, 0.4) is 0 Å². The van der Waals surface area contributed by atoms with E-state index in [-0.39, 0.29) is 6.61 Å². The number of carbonyl (C=O) groups is 1. The lowest BCUT2D eigenvalue weighted by molar-refractivity contribution is -0.116. The van der Waals surface area contributed by atoms with Crippen molar-refractivity contribution in [2.45, 2.75) is 20.3 Å². The number of nitrogens with zero attached hydrogens (tertiary/aromatic N) is 1. The van der Waals surface area contributed by atoms with E-state index in [9.17, 15) is 4.79 Å². The molecule has 0 aliphatic rings. The van der Waals surface area contributed by atoms with Crippen molar-refractivity contribution in [3.63, 3.8) is 0 Å². The summed E-state index contributed by atoms with van der Waals surface area (Å²) in [7, 11) is 3.39. The van der Waals surface area contributed by atoms with Crippen LogP contribution in [0, 0.1) is 0 Å². The van der Waals surface area contributed by atoms with Gasteiger partial charge in [-0.3, -0.25) is 4.79 Å². The van der Waals surface area contributed by atoms with Crippen molar-refractivity contribution >= 4 is 28.0 Å². The first-order valence-corrected chi connectivity index (χ1v) is 6.92. The molecule has 0 aliphatic carbocycles. The molecule has 0 saturated carbocycles. The number of hydrogen-bond donors (Lipinski definition) is 1. The molecular weight excluding hydrogens is 218 g/mol. The molecular formula is C9H17NO2S2. The van der Waals surface area contributed by atoms with Crippen molar-refractivity contribution in [2.24, 2.45) is 0 Å². The highest BCUT2D eigenvalue weighted by Gasteiger charge is 2.01. The first-order valence-electron chi connectivity index (χ1n) is 4.54. The Morgan fingerprint density at radius 2 is 2.29 bits per heavy atom. The molecule has 0 rings (SSSR count). The number of amides is 1. The second-order valence-electron chi connectivity index (χ2n) is 2.70. The lowest BCUT2D eigenvalue weighted by Gasteiger charge is -2.15. The van der Waals surface area contributed by atoms with E-state index in [0.29, 0.717) is 6.54 Å². The van der Waals surface area contributed by atoms with Gasteiger partial charge in [0.1, 0.15) is 0 Å². The standard InChI is InChI=1S/C9H17NO2S2/c1-3-6-13-14-7-9(2)10(8-12)4-5-11/h7-8,11H,3-6H2,1-2H3. The second kappa shape index (κ2) is 9.43. The number of allylic oxidation sites excluding steroid dienone is 1. The first kappa shape index (κ1) is 13.9. The second-order valence-corrected chi connectivity index (χ2v) is 5.06. The van der Waals surface area contributed by atoms with Gasteiger partial charge < -0.3 is 10.0 Å². The average Bonchev–Trinajstić information content (AvgIpc) is 2.20. The van der Waals surface area contributed by atoms with Crippen LogP contribution in [-0.4, -0.2) is 35.3 Å². The highest BCUT2D eigenvalue weighted by Crippen LogP contribution is 2.24. The highest BCUT2D eigenvalue weighted by molar-refractivity contribution is 8.77. The minimum Gasteiger partial charge on any atom is -0.395 e. The summed E-state index contributed by atoms with van der Waals surface area (Å²) in [5.41, 5.74) is 0.877. The number of rotatable bonds is 8. The van der Waals surface area contributed by atoms with Crippen molar-refractivity contribution in [1.82, 2.24) is 4.90 Å². The van der Waals surface area contributed by atoms with Gasteiger partial charge in [-0.1, -0.05) is 28.5 Å². The van der Waals surface area contributed by atoms with Crippen LogP contribution in [-0.2, 0) is 4.79 Å². The maximum Gasteiger partial charge on any atom is 0.213 e. The molecule has 82 valence electrons. The Kier molecular flexibility index (Phi) is 9.34. The number of aliphatic hydroxyl groups is 1. The van der Waals surface area contributed by atoms with E-state index in [1.807, 2.05) is 12.3 Å². The number of hydrogen-bond acceptors (Lipinski definition) is 4. The third-order valence-corrected chi connectivity index (χ3v) is 3.84. The molecule has 1 amide bonds. The van der Waals surface area contributed by atoms with Gasteiger partial charge in [0, 0.05) is 23.4 Å². The maximum atomic E-state index is 10.6. The summed E-state index contributed by atoms with van der Waals surface area (Å²) in [6, 6.07) is 0. The van der Waals surface area contributed by atoms with E-state index in [2.05, 4.69) is 6.92 Å². The predicted octanol–water partition coefficient (Wildman–Crippen LogP) is 2.09. The molecule has 1 N–H and O–H groups in total. The van der Waals surface area contributed by atoms with Crippen LogP contribution in [0.1, 0.15) is 20.3 Å². The van der Waals surface area contributed by atoms with Crippen molar-refractivity contribution < 1.29 is 9.90 Å². The molecule has 0 aliphatic heterocycles. The Bertz CT molecular complexity index is 186. The van der Waals surface area contributed by atoms with Gasteiger partial charge >= 0.3 is 0 Å².